The number of nitrogens with zero attached hydrogens (tertiary/aromatic N) is 4. The molecule has 140 valence electrons. The summed E-state index contributed by atoms with van der Waals surface area (Å²) in [6, 6.07) is 14.6. The monoisotopic (exact) mass is 465 g/mol. The van der Waals surface area contributed by atoms with Gasteiger partial charge in [0.15, 0.2) is 5.96 Å². The molecule has 1 fully saturated rings. The van der Waals surface area contributed by atoms with Gasteiger partial charge in [-0.1, -0.05) is 36.4 Å². The van der Waals surface area contributed by atoms with Crippen molar-refractivity contribution in [2.45, 2.75) is 25.9 Å². The Hall–Kier alpha value is -1.83. The van der Waals surface area contributed by atoms with Crippen molar-refractivity contribution < 1.29 is 0 Å². The maximum absolute atomic E-state index is 4.71. The smallest absolute Gasteiger partial charge is 0.194 e. The Kier molecular flexibility index (Phi) is 8.15. The molecular weight excluding hydrogens is 437 g/mol. The molecule has 2 heterocycles. The minimum absolute atomic E-state index is 0. The van der Waals surface area contributed by atoms with Crippen LogP contribution in [-0.4, -0.2) is 43.0 Å². The molecule has 26 heavy (non-hydrogen) atoms. The van der Waals surface area contributed by atoms with Crippen LogP contribution in [-0.2, 0) is 13.1 Å². The lowest BCUT2D eigenvalue weighted by Gasteiger charge is -2.18. The Balaban J connectivity index is 0.00000243. The zero-order valence-corrected chi connectivity index (χ0v) is 17.9. The highest BCUT2D eigenvalue weighted by Gasteiger charge is 2.12. The highest BCUT2D eigenvalue weighted by atomic mass is 127. The number of hydrogen-bond acceptors (Lipinski definition) is 3. The van der Waals surface area contributed by atoms with E-state index in [-0.39, 0.29) is 24.0 Å². The summed E-state index contributed by atoms with van der Waals surface area (Å²) in [6.45, 7) is 3.64. The largest absolute Gasteiger partial charge is 0.357 e. The van der Waals surface area contributed by atoms with Gasteiger partial charge in [-0.25, -0.2) is 9.98 Å². The van der Waals surface area contributed by atoms with Gasteiger partial charge in [-0.15, -0.1) is 24.0 Å². The number of rotatable bonds is 5. The zero-order chi connectivity index (χ0) is 17.5. The molecular formula is C20H28IN5. The number of halogens is 1. The summed E-state index contributed by atoms with van der Waals surface area (Å²) in [6.07, 6.45) is 4.49. The van der Waals surface area contributed by atoms with Gasteiger partial charge in [-0.3, -0.25) is 0 Å². The first kappa shape index (κ1) is 20.5. The van der Waals surface area contributed by atoms with Crippen LogP contribution in [0.15, 0.2) is 53.7 Å². The Morgan fingerprint density at radius 3 is 2.42 bits per heavy atom. The van der Waals surface area contributed by atoms with Gasteiger partial charge in [-0.2, -0.15) is 0 Å². The third-order valence-electron chi connectivity index (χ3n) is 4.37. The fourth-order valence-electron chi connectivity index (χ4n) is 2.94. The molecule has 0 amide bonds. The molecule has 2 aromatic rings. The number of nitrogens with one attached hydrogen (secondary N) is 1. The molecule has 0 radical (unpaired) electrons. The summed E-state index contributed by atoms with van der Waals surface area (Å²) in [5.41, 5.74) is 2.37. The van der Waals surface area contributed by atoms with Gasteiger partial charge < -0.3 is 15.1 Å². The second kappa shape index (κ2) is 10.4. The fraction of sp³-hybridized carbons (Fsp3) is 0.400. The van der Waals surface area contributed by atoms with Gasteiger partial charge >= 0.3 is 0 Å². The van der Waals surface area contributed by atoms with Gasteiger partial charge in [0.2, 0.25) is 0 Å². The zero-order valence-electron chi connectivity index (χ0n) is 15.6. The second-order valence-corrected chi connectivity index (χ2v) is 6.59. The number of anilines is 1. The summed E-state index contributed by atoms with van der Waals surface area (Å²) in [7, 11) is 4.01. The normalized spacial score (nSPS) is 14.1. The van der Waals surface area contributed by atoms with Crippen LogP contribution < -0.4 is 10.2 Å². The minimum atomic E-state index is 0. The van der Waals surface area contributed by atoms with E-state index in [1.807, 2.05) is 31.3 Å². The summed E-state index contributed by atoms with van der Waals surface area (Å²) >= 11 is 0. The van der Waals surface area contributed by atoms with Crippen LogP contribution in [0.1, 0.15) is 24.0 Å². The predicted molar refractivity (Wildman–Crippen MR) is 119 cm³/mol. The van der Waals surface area contributed by atoms with Crippen molar-refractivity contribution >= 4 is 35.8 Å². The van der Waals surface area contributed by atoms with Crippen molar-refractivity contribution in [1.82, 2.24) is 15.2 Å². The fourth-order valence-corrected chi connectivity index (χ4v) is 2.94. The average Bonchev–Trinajstić information content (AvgIpc) is 3.17. The van der Waals surface area contributed by atoms with E-state index in [4.69, 9.17) is 4.99 Å². The van der Waals surface area contributed by atoms with Crippen LogP contribution in [0.5, 0.6) is 0 Å². The van der Waals surface area contributed by atoms with E-state index in [9.17, 15) is 0 Å². The molecule has 1 aliphatic rings. The minimum Gasteiger partial charge on any atom is -0.357 e. The van der Waals surface area contributed by atoms with Crippen LogP contribution in [0.3, 0.4) is 0 Å². The van der Waals surface area contributed by atoms with E-state index in [0.29, 0.717) is 6.54 Å². The van der Waals surface area contributed by atoms with Crippen molar-refractivity contribution in [3.8, 4) is 0 Å². The van der Waals surface area contributed by atoms with Crippen molar-refractivity contribution in [3.05, 3.63) is 59.8 Å². The molecule has 1 aromatic heterocycles. The van der Waals surface area contributed by atoms with E-state index in [1.165, 1.54) is 18.4 Å². The summed E-state index contributed by atoms with van der Waals surface area (Å²) < 4.78 is 0. The number of guanidine groups is 1. The molecule has 6 heteroatoms. The van der Waals surface area contributed by atoms with Gasteiger partial charge in [0.1, 0.15) is 5.82 Å². The quantitative estimate of drug-likeness (QED) is 0.417. The molecule has 3 rings (SSSR count). The maximum atomic E-state index is 4.71. The third kappa shape index (κ3) is 5.86. The van der Waals surface area contributed by atoms with E-state index in [0.717, 1.165) is 37.0 Å². The Bertz CT molecular complexity index is 679. The molecule has 1 aromatic carbocycles. The molecule has 0 aliphatic carbocycles. The molecule has 0 bridgehead atoms. The number of benzene rings is 1. The topological polar surface area (TPSA) is 43.8 Å². The Labute approximate surface area is 173 Å². The average molecular weight is 465 g/mol. The maximum Gasteiger partial charge on any atom is 0.194 e. The number of aliphatic imine (C=N–C) groups is 1. The van der Waals surface area contributed by atoms with Gasteiger partial charge in [0.25, 0.3) is 0 Å². The van der Waals surface area contributed by atoms with Crippen LogP contribution in [0.2, 0.25) is 0 Å². The molecule has 0 saturated carbocycles. The second-order valence-electron chi connectivity index (χ2n) is 6.59. The van der Waals surface area contributed by atoms with Gasteiger partial charge in [0, 0.05) is 39.9 Å². The molecule has 1 saturated heterocycles. The standard InChI is InChI=1S/C20H27N5.HI/c1-24(2)20(22-14-17-8-4-3-5-9-17)23-16-18-10-11-19(21-15-18)25-12-6-7-13-25;/h3-5,8-11,15H,6-7,12-14,16H2,1-2H3,(H,22,23);1H. The first-order valence-corrected chi connectivity index (χ1v) is 8.92. The lowest BCUT2D eigenvalue weighted by atomic mass is 10.2. The molecule has 5 nitrogen and oxygen atoms in total. The van der Waals surface area contributed by atoms with Crippen molar-refractivity contribution in [2.24, 2.45) is 4.99 Å². The lowest BCUT2D eigenvalue weighted by molar-refractivity contribution is 0.578. The number of aromatic nitrogens is 1. The first-order chi connectivity index (χ1) is 12.2. The van der Waals surface area contributed by atoms with Gasteiger partial charge in [-0.05, 0) is 30.0 Å². The van der Waals surface area contributed by atoms with Crippen LogP contribution >= 0.6 is 24.0 Å². The number of hydrogen-bond donors (Lipinski definition) is 1. The molecule has 0 unspecified atom stereocenters. The van der Waals surface area contributed by atoms with E-state index < -0.39 is 0 Å². The van der Waals surface area contributed by atoms with E-state index in [1.54, 1.807) is 0 Å². The first-order valence-electron chi connectivity index (χ1n) is 8.92. The predicted octanol–water partition coefficient (Wildman–Crippen LogP) is 3.51. The SMILES string of the molecule is CN(C)C(=NCc1ccc(N2CCCC2)nc1)NCc1ccccc1.I. The lowest BCUT2D eigenvalue weighted by Crippen LogP contribution is -2.36. The Morgan fingerprint density at radius 1 is 1.08 bits per heavy atom. The van der Waals surface area contributed by atoms with E-state index in [2.05, 4.69) is 51.6 Å². The van der Waals surface area contributed by atoms with Crippen LogP contribution in [0, 0.1) is 0 Å². The molecule has 1 N–H and O–H groups in total. The van der Waals surface area contributed by atoms with E-state index >= 15 is 0 Å². The highest BCUT2D eigenvalue weighted by molar-refractivity contribution is 14.0. The summed E-state index contributed by atoms with van der Waals surface area (Å²) in [4.78, 5) is 13.7. The molecule has 0 atom stereocenters. The summed E-state index contributed by atoms with van der Waals surface area (Å²) in [5, 5.41) is 3.41. The molecule has 1 aliphatic heterocycles. The summed E-state index contributed by atoms with van der Waals surface area (Å²) in [5.74, 6) is 1.97. The van der Waals surface area contributed by atoms with Crippen molar-refractivity contribution in [2.75, 3.05) is 32.1 Å². The highest BCUT2D eigenvalue weighted by Crippen LogP contribution is 2.17. The number of pyridine rings is 1. The van der Waals surface area contributed by atoms with Crippen LogP contribution in [0.4, 0.5) is 5.82 Å². The van der Waals surface area contributed by atoms with Crippen molar-refractivity contribution in [3.63, 3.8) is 0 Å². The van der Waals surface area contributed by atoms with Crippen molar-refractivity contribution in [1.29, 1.82) is 0 Å². The van der Waals surface area contributed by atoms with Gasteiger partial charge in [0.05, 0.1) is 6.54 Å². The third-order valence-corrected chi connectivity index (χ3v) is 4.37. The van der Waals surface area contributed by atoms with Crippen LogP contribution in [0.25, 0.3) is 0 Å². The Morgan fingerprint density at radius 2 is 1.81 bits per heavy atom. The molecule has 0 spiro atoms.